The molecule has 4 aromatic rings. The highest BCUT2D eigenvalue weighted by molar-refractivity contribution is 7.17. The fourth-order valence-electron chi connectivity index (χ4n) is 3.33. The molecule has 6 nitrogen and oxygen atoms in total. The second kappa shape index (κ2) is 9.56. The van der Waals surface area contributed by atoms with Crippen LogP contribution in [0.15, 0.2) is 60.2 Å². The molecule has 0 amide bonds. The number of ether oxygens (including phenoxy) is 2. The number of methoxy groups -OCH3 is 2. The number of nitrogens with zero attached hydrogens (tertiary/aromatic N) is 2. The molecular formula is C23H24N4O2S. The predicted molar refractivity (Wildman–Crippen MR) is 123 cm³/mol. The normalized spacial score (nSPS) is 10.9. The number of rotatable bonds is 9. The lowest BCUT2D eigenvalue weighted by atomic mass is 10.1. The molecule has 0 radical (unpaired) electrons. The van der Waals surface area contributed by atoms with E-state index in [1.165, 1.54) is 5.56 Å². The van der Waals surface area contributed by atoms with Gasteiger partial charge in [-0.2, -0.15) is 0 Å². The molecule has 0 unspecified atom stereocenters. The molecule has 0 aliphatic rings. The minimum Gasteiger partial charge on any atom is -0.493 e. The molecular weight excluding hydrogens is 396 g/mol. The lowest BCUT2D eigenvalue weighted by Crippen LogP contribution is -2.22. The molecule has 0 spiro atoms. The molecule has 4 rings (SSSR count). The van der Waals surface area contributed by atoms with Crippen molar-refractivity contribution in [1.82, 2.24) is 15.3 Å². The summed E-state index contributed by atoms with van der Waals surface area (Å²) in [5, 5.41) is 10.1. The fraction of sp³-hybridized carbons (Fsp3) is 0.217. The van der Waals surface area contributed by atoms with Gasteiger partial charge in [0.1, 0.15) is 17.0 Å². The number of nitrogens with one attached hydrogen (secondary N) is 2. The van der Waals surface area contributed by atoms with Crippen molar-refractivity contribution in [2.24, 2.45) is 0 Å². The van der Waals surface area contributed by atoms with Crippen LogP contribution in [0.2, 0.25) is 0 Å². The smallest absolute Gasteiger partial charge is 0.161 e. The van der Waals surface area contributed by atoms with Crippen molar-refractivity contribution in [1.29, 1.82) is 0 Å². The van der Waals surface area contributed by atoms with Gasteiger partial charge in [-0.05, 0) is 23.3 Å². The van der Waals surface area contributed by atoms with Gasteiger partial charge in [-0.1, -0.05) is 36.4 Å². The van der Waals surface area contributed by atoms with E-state index in [0.717, 1.165) is 58.3 Å². The van der Waals surface area contributed by atoms with Gasteiger partial charge < -0.3 is 20.1 Å². The minimum atomic E-state index is 0.737. The summed E-state index contributed by atoms with van der Waals surface area (Å²) in [5.41, 5.74) is 3.48. The molecule has 0 saturated heterocycles. The minimum absolute atomic E-state index is 0.737. The summed E-state index contributed by atoms with van der Waals surface area (Å²) < 4.78 is 10.7. The molecule has 154 valence electrons. The van der Waals surface area contributed by atoms with Crippen molar-refractivity contribution in [2.75, 3.05) is 32.6 Å². The average Bonchev–Trinajstić information content (AvgIpc) is 3.24. The van der Waals surface area contributed by atoms with E-state index in [1.807, 2.05) is 36.4 Å². The van der Waals surface area contributed by atoms with Crippen LogP contribution in [-0.4, -0.2) is 37.3 Å². The molecule has 0 aliphatic heterocycles. The number of hydrogen-bond donors (Lipinski definition) is 2. The van der Waals surface area contributed by atoms with Crippen LogP contribution in [0, 0.1) is 0 Å². The highest BCUT2D eigenvalue weighted by atomic mass is 32.1. The Bertz CT molecular complexity index is 1110. The molecule has 0 atom stereocenters. The zero-order valence-corrected chi connectivity index (χ0v) is 17.8. The van der Waals surface area contributed by atoms with Crippen LogP contribution in [0.1, 0.15) is 5.56 Å². The highest BCUT2D eigenvalue weighted by Gasteiger charge is 2.12. The summed E-state index contributed by atoms with van der Waals surface area (Å²) in [6.45, 7) is 2.29. The number of aromatic nitrogens is 2. The number of thiophene rings is 1. The number of benzene rings is 2. The first-order chi connectivity index (χ1) is 14.8. The van der Waals surface area contributed by atoms with Gasteiger partial charge >= 0.3 is 0 Å². The molecule has 2 aromatic carbocycles. The second-order valence-electron chi connectivity index (χ2n) is 6.71. The first-order valence-corrected chi connectivity index (χ1v) is 10.6. The summed E-state index contributed by atoms with van der Waals surface area (Å²) in [7, 11) is 3.29. The van der Waals surface area contributed by atoms with Crippen molar-refractivity contribution in [2.45, 2.75) is 6.54 Å². The first-order valence-electron chi connectivity index (χ1n) is 9.73. The summed E-state index contributed by atoms with van der Waals surface area (Å²) in [5.74, 6) is 2.35. The van der Waals surface area contributed by atoms with Crippen molar-refractivity contribution in [3.63, 3.8) is 0 Å². The maximum atomic E-state index is 5.36. The van der Waals surface area contributed by atoms with Gasteiger partial charge in [0.15, 0.2) is 11.5 Å². The lowest BCUT2D eigenvalue weighted by molar-refractivity contribution is 0.354. The molecule has 2 heterocycles. The Balaban J connectivity index is 1.38. The van der Waals surface area contributed by atoms with Gasteiger partial charge in [-0.15, -0.1) is 11.3 Å². The monoisotopic (exact) mass is 420 g/mol. The summed E-state index contributed by atoms with van der Waals surface area (Å²) >= 11 is 1.64. The van der Waals surface area contributed by atoms with Crippen molar-refractivity contribution < 1.29 is 9.47 Å². The van der Waals surface area contributed by atoms with E-state index in [9.17, 15) is 0 Å². The SMILES string of the molecule is COc1ccc(CNCCNc2ncnc3scc(-c4ccccc4)c23)cc1OC. The second-order valence-corrected chi connectivity index (χ2v) is 7.57. The van der Waals surface area contributed by atoms with E-state index < -0.39 is 0 Å². The summed E-state index contributed by atoms with van der Waals surface area (Å²) in [6, 6.07) is 16.3. The largest absolute Gasteiger partial charge is 0.493 e. The van der Waals surface area contributed by atoms with Gasteiger partial charge in [0, 0.05) is 30.6 Å². The molecule has 2 N–H and O–H groups in total. The third kappa shape index (κ3) is 4.37. The third-order valence-corrected chi connectivity index (χ3v) is 5.71. The number of anilines is 1. The van der Waals surface area contributed by atoms with Crippen LogP contribution in [-0.2, 0) is 6.54 Å². The van der Waals surface area contributed by atoms with Gasteiger partial charge in [0.05, 0.1) is 19.6 Å². The van der Waals surface area contributed by atoms with E-state index in [1.54, 1.807) is 31.9 Å². The first kappa shape index (κ1) is 20.1. The Labute approximate surface area is 179 Å². The molecule has 2 aromatic heterocycles. The Morgan fingerprint density at radius 2 is 1.77 bits per heavy atom. The lowest BCUT2D eigenvalue weighted by Gasteiger charge is -2.11. The van der Waals surface area contributed by atoms with Crippen LogP contribution in [0.3, 0.4) is 0 Å². The molecule has 7 heteroatoms. The molecule has 0 saturated carbocycles. The molecule has 0 bridgehead atoms. The van der Waals surface area contributed by atoms with E-state index in [0.29, 0.717) is 0 Å². The predicted octanol–water partition coefficient (Wildman–Crippen LogP) is 4.58. The van der Waals surface area contributed by atoms with Crippen LogP contribution in [0.4, 0.5) is 5.82 Å². The van der Waals surface area contributed by atoms with Crippen LogP contribution < -0.4 is 20.1 Å². The van der Waals surface area contributed by atoms with E-state index in [-0.39, 0.29) is 0 Å². The van der Waals surface area contributed by atoms with Crippen molar-refractivity contribution in [3.05, 3.63) is 65.8 Å². The topological polar surface area (TPSA) is 68.3 Å². The van der Waals surface area contributed by atoms with Crippen LogP contribution >= 0.6 is 11.3 Å². The Morgan fingerprint density at radius 1 is 0.933 bits per heavy atom. The summed E-state index contributed by atoms with van der Waals surface area (Å²) in [4.78, 5) is 9.91. The number of fused-ring (bicyclic) bond motifs is 1. The van der Waals surface area contributed by atoms with Gasteiger partial charge in [-0.3, -0.25) is 0 Å². The van der Waals surface area contributed by atoms with Crippen LogP contribution in [0.25, 0.3) is 21.3 Å². The summed E-state index contributed by atoms with van der Waals surface area (Å²) in [6.07, 6.45) is 1.62. The fourth-order valence-corrected chi connectivity index (χ4v) is 4.25. The Morgan fingerprint density at radius 3 is 2.57 bits per heavy atom. The Hall–Kier alpha value is -3.16. The Kier molecular flexibility index (Phi) is 6.41. The standard InChI is InChI=1S/C23H24N4O2S/c1-28-19-9-8-16(12-20(19)29-2)13-24-10-11-25-22-21-18(17-6-4-3-5-7-17)14-30-23(21)27-15-26-22/h3-9,12,14-15,24H,10-11,13H2,1-2H3,(H,25,26,27). The molecule has 0 fully saturated rings. The van der Waals surface area contributed by atoms with Gasteiger partial charge in [0.2, 0.25) is 0 Å². The highest BCUT2D eigenvalue weighted by Crippen LogP contribution is 2.36. The maximum Gasteiger partial charge on any atom is 0.161 e. The van der Waals surface area contributed by atoms with Gasteiger partial charge in [-0.25, -0.2) is 9.97 Å². The van der Waals surface area contributed by atoms with Crippen molar-refractivity contribution in [3.8, 4) is 22.6 Å². The quantitative estimate of drug-likeness (QED) is 0.387. The van der Waals surface area contributed by atoms with E-state index in [4.69, 9.17) is 9.47 Å². The maximum absolute atomic E-state index is 5.36. The van der Waals surface area contributed by atoms with E-state index >= 15 is 0 Å². The average molecular weight is 421 g/mol. The molecule has 30 heavy (non-hydrogen) atoms. The van der Waals surface area contributed by atoms with Gasteiger partial charge in [0.25, 0.3) is 0 Å². The van der Waals surface area contributed by atoms with Crippen LogP contribution in [0.5, 0.6) is 11.5 Å². The zero-order chi connectivity index (χ0) is 20.8. The van der Waals surface area contributed by atoms with Crippen molar-refractivity contribution >= 4 is 27.4 Å². The third-order valence-electron chi connectivity index (χ3n) is 4.83. The zero-order valence-electron chi connectivity index (χ0n) is 17.0. The van der Waals surface area contributed by atoms with E-state index in [2.05, 4.69) is 38.1 Å². The molecule has 0 aliphatic carbocycles. The number of hydrogen-bond acceptors (Lipinski definition) is 7.